The summed E-state index contributed by atoms with van der Waals surface area (Å²) in [6.45, 7) is 3.02. The van der Waals surface area contributed by atoms with E-state index in [4.69, 9.17) is 5.14 Å². The molecule has 3 aliphatic rings. The van der Waals surface area contributed by atoms with E-state index in [0.29, 0.717) is 11.5 Å². The molecule has 3 aliphatic heterocycles. The number of nitrogens with two attached hydrogens (primary N) is 1. The maximum atomic E-state index is 13.4. The molecule has 0 amide bonds. The molecule has 0 saturated carbocycles. The van der Waals surface area contributed by atoms with Gasteiger partial charge in [-0.3, -0.25) is 4.90 Å². The summed E-state index contributed by atoms with van der Waals surface area (Å²) in [7, 11) is -3.84. The lowest BCUT2D eigenvalue weighted by molar-refractivity contribution is 0.163. The van der Waals surface area contributed by atoms with Gasteiger partial charge in [0.2, 0.25) is 10.0 Å². The Labute approximate surface area is 118 Å². The molecule has 20 heavy (non-hydrogen) atoms. The van der Waals surface area contributed by atoms with Crippen molar-refractivity contribution in [3.05, 3.63) is 35.2 Å². The standard InChI is InChI=1S/C14H17FN2O2S/c15-13-1-2-14(20(16,18)19)11(8-13)7-12-9-17-5-3-10(12)4-6-17/h1-2,7-8,10H,3-6,9H2,(H2,16,18,19)/b12-7+. The van der Waals surface area contributed by atoms with Gasteiger partial charge in [-0.2, -0.15) is 0 Å². The van der Waals surface area contributed by atoms with Crippen LogP contribution >= 0.6 is 0 Å². The molecule has 3 saturated heterocycles. The molecule has 0 aromatic heterocycles. The van der Waals surface area contributed by atoms with Crippen LogP contribution in [0.1, 0.15) is 18.4 Å². The van der Waals surface area contributed by atoms with Crippen molar-refractivity contribution in [1.29, 1.82) is 0 Å². The molecule has 4 rings (SSSR count). The van der Waals surface area contributed by atoms with Gasteiger partial charge in [0.25, 0.3) is 0 Å². The Balaban J connectivity index is 2.04. The Kier molecular flexibility index (Phi) is 3.40. The number of benzene rings is 1. The van der Waals surface area contributed by atoms with Crippen LogP contribution in [0.3, 0.4) is 0 Å². The number of hydrogen-bond donors (Lipinski definition) is 1. The predicted molar refractivity (Wildman–Crippen MR) is 74.9 cm³/mol. The summed E-state index contributed by atoms with van der Waals surface area (Å²) < 4.78 is 36.6. The number of halogens is 1. The van der Waals surface area contributed by atoms with E-state index in [1.54, 1.807) is 6.08 Å². The van der Waals surface area contributed by atoms with Gasteiger partial charge < -0.3 is 0 Å². The Morgan fingerprint density at radius 3 is 2.55 bits per heavy atom. The lowest BCUT2D eigenvalue weighted by atomic mass is 9.83. The summed E-state index contributed by atoms with van der Waals surface area (Å²) in [6.07, 6.45) is 3.98. The van der Waals surface area contributed by atoms with Gasteiger partial charge in [0.05, 0.1) is 4.90 Å². The van der Waals surface area contributed by atoms with Gasteiger partial charge in [-0.25, -0.2) is 17.9 Å². The first-order chi connectivity index (χ1) is 9.43. The monoisotopic (exact) mass is 296 g/mol. The molecule has 3 heterocycles. The number of sulfonamides is 1. The molecule has 2 N–H and O–H groups in total. The molecule has 108 valence electrons. The Morgan fingerprint density at radius 2 is 2.00 bits per heavy atom. The summed E-state index contributed by atoms with van der Waals surface area (Å²) in [5.74, 6) is 0.0297. The first-order valence-corrected chi connectivity index (χ1v) is 8.23. The first-order valence-electron chi connectivity index (χ1n) is 6.68. The molecule has 0 aliphatic carbocycles. The van der Waals surface area contributed by atoms with Gasteiger partial charge >= 0.3 is 0 Å². The number of nitrogens with zero attached hydrogens (tertiary/aromatic N) is 1. The molecule has 0 spiro atoms. The first kappa shape index (κ1) is 13.7. The fourth-order valence-corrected chi connectivity index (χ4v) is 3.81. The zero-order valence-corrected chi connectivity index (χ0v) is 11.9. The van der Waals surface area contributed by atoms with Crippen LogP contribution in [-0.4, -0.2) is 33.0 Å². The molecule has 1 aromatic rings. The third kappa shape index (κ3) is 2.63. The van der Waals surface area contributed by atoms with Crippen LogP contribution in [0, 0.1) is 11.7 Å². The Morgan fingerprint density at radius 1 is 1.30 bits per heavy atom. The van der Waals surface area contributed by atoms with E-state index < -0.39 is 15.8 Å². The second-order valence-corrected chi connectivity index (χ2v) is 7.03. The van der Waals surface area contributed by atoms with Crippen molar-refractivity contribution in [1.82, 2.24) is 4.90 Å². The number of hydrogen-bond acceptors (Lipinski definition) is 3. The van der Waals surface area contributed by atoms with Crippen molar-refractivity contribution in [2.45, 2.75) is 17.7 Å². The molecular formula is C14H17FN2O2S. The quantitative estimate of drug-likeness (QED) is 0.901. The van der Waals surface area contributed by atoms with Gasteiger partial charge in [0, 0.05) is 6.54 Å². The number of primary sulfonamides is 1. The molecule has 3 fully saturated rings. The minimum Gasteiger partial charge on any atom is -0.299 e. The fraction of sp³-hybridized carbons (Fsp3) is 0.429. The number of fused-ring (bicyclic) bond motifs is 3. The van der Waals surface area contributed by atoms with Gasteiger partial charge in [0.15, 0.2) is 0 Å². The number of piperidine rings is 3. The molecule has 2 bridgehead atoms. The summed E-state index contributed by atoms with van der Waals surface area (Å²) in [4.78, 5) is 2.32. The average molecular weight is 296 g/mol. The van der Waals surface area contributed by atoms with Crippen molar-refractivity contribution in [3.8, 4) is 0 Å². The lowest BCUT2D eigenvalue weighted by Gasteiger charge is -2.41. The summed E-state index contributed by atoms with van der Waals surface area (Å²) in [5.41, 5.74) is 1.54. The molecule has 1 aromatic carbocycles. The molecule has 6 heteroatoms. The van der Waals surface area contributed by atoms with Crippen LogP contribution in [0.4, 0.5) is 4.39 Å². The summed E-state index contributed by atoms with van der Waals surface area (Å²) in [5, 5.41) is 5.20. The maximum absolute atomic E-state index is 13.4. The highest BCUT2D eigenvalue weighted by Crippen LogP contribution is 2.33. The van der Waals surface area contributed by atoms with Crippen LogP contribution in [0.5, 0.6) is 0 Å². The molecule has 0 atom stereocenters. The van der Waals surface area contributed by atoms with E-state index in [1.165, 1.54) is 17.7 Å². The smallest absolute Gasteiger partial charge is 0.238 e. The largest absolute Gasteiger partial charge is 0.299 e. The number of rotatable bonds is 2. The molecular weight excluding hydrogens is 279 g/mol. The highest BCUT2D eigenvalue weighted by molar-refractivity contribution is 7.89. The van der Waals surface area contributed by atoms with Crippen molar-refractivity contribution in [2.24, 2.45) is 11.1 Å². The van der Waals surface area contributed by atoms with E-state index in [0.717, 1.165) is 38.5 Å². The van der Waals surface area contributed by atoms with Crippen molar-refractivity contribution in [3.63, 3.8) is 0 Å². The van der Waals surface area contributed by atoms with Gasteiger partial charge in [-0.15, -0.1) is 0 Å². The SMILES string of the molecule is NS(=O)(=O)c1ccc(F)cc1/C=C1\CN2CCC1CC2. The van der Waals surface area contributed by atoms with Crippen LogP contribution < -0.4 is 5.14 Å². The van der Waals surface area contributed by atoms with E-state index in [1.807, 2.05) is 0 Å². The minimum absolute atomic E-state index is 0.0113. The predicted octanol–water partition coefficient (Wildman–Crippen LogP) is 1.58. The van der Waals surface area contributed by atoms with E-state index in [9.17, 15) is 12.8 Å². The third-order valence-corrected chi connectivity index (χ3v) is 5.12. The lowest BCUT2D eigenvalue weighted by Crippen LogP contribution is -2.42. The van der Waals surface area contributed by atoms with Crippen molar-refractivity contribution < 1.29 is 12.8 Å². The second-order valence-electron chi connectivity index (χ2n) is 5.50. The summed E-state index contributed by atoms with van der Waals surface area (Å²) in [6, 6.07) is 3.60. The highest BCUT2D eigenvalue weighted by Gasteiger charge is 2.29. The minimum atomic E-state index is -3.84. The zero-order valence-electron chi connectivity index (χ0n) is 11.0. The van der Waals surface area contributed by atoms with Gasteiger partial charge in [-0.05, 0) is 55.6 Å². The maximum Gasteiger partial charge on any atom is 0.238 e. The molecule has 0 unspecified atom stereocenters. The van der Waals surface area contributed by atoms with E-state index in [-0.39, 0.29) is 4.90 Å². The third-order valence-electron chi connectivity index (χ3n) is 4.14. The second kappa shape index (κ2) is 4.95. The highest BCUT2D eigenvalue weighted by atomic mass is 32.2. The van der Waals surface area contributed by atoms with Crippen LogP contribution in [0.25, 0.3) is 6.08 Å². The Bertz CT molecular complexity index is 662. The normalized spacial score (nSPS) is 28.0. The zero-order chi connectivity index (χ0) is 14.3. The topological polar surface area (TPSA) is 63.4 Å². The summed E-state index contributed by atoms with van der Waals surface area (Å²) >= 11 is 0. The average Bonchev–Trinajstić information content (AvgIpc) is 2.38. The van der Waals surface area contributed by atoms with Gasteiger partial charge in [-0.1, -0.05) is 11.6 Å². The van der Waals surface area contributed by atoms with Crippen LogP contribution in [0.2, 0.25) is 0 Å². The fourth-order valence-electron chi connectivity index (χ4n) is 3.10. The van der Waals surface area contributed by atoms with E-state index >= 15 is 0 Å². The van der Waals surface area contributed by atoms with Crippen LogP contribution in [0.15, 0.2) is 28.7 Å². The van der Waals surface area contributed by atoms with Crippen molar-refractivity contribution in [2.75, 3.05) is 19.6 Å². The molecule has 4 nitrogen and oxygen atoms in total. The molecule has 0 radical (unpaired) electrons. The van der Waals surface area contributed by atoms with Crippen molar-refractivity contribution >= 4 is 16.1 Å². The van der Waals surface area contributed by atoms with Gasteiger partial charge in [0.1, 0.15) is 5.82 Å². The van der Waals surface area contributed by atoms with Crippen LogP contribution in [-0.2, 0) is 10.0 Å². The van der Waals surface area contributed by atoms with E-state index in [2.05, 4.69) is 4.90 Å². The Hall–Kier alpha value is -1.24.